The zero-order chi connectivity index (χ0) is 13.8. The molecule has 1 aromatic heterocycles. The number of hydrogen-bond donors (Lipinski definition) is 0. The molecule has 2 aromatic carbocycles. The Balaban J connectivity index is 0.000000148. The molecule has 19 heavy (non-hydrogen) atoms. The second-order valence-electron chi connectivity index (χ2n) is 5.05. The van der Waals surface area contributed by atoms with Gasteiger partial charge in [0.25, 0.3) is 0 Å². The van der Waals surface area contributed by atoms with Crippen LogP contribution in [0.25, 0.3) is 11.0 Å². The van der Waals surface area contributed by atoms with Crippen LogP contribution in [0.4, 0.5) is 0 Å². The quantitative estimate of drug-likeness (QED) is 0.525. The lowest BCUT2D eigenvalue weighted by atomic mass is 10.2. The van der Waals surface area contributed by atoms with Crippen LogP contribution >= 0.6 is 0 Å². The van der Waals surface area contributed by atoms with Crippen LogP contribution in [0.2, 0.25) is 0 Å². The van der Waals surface area contributed by atoms with Gasteiger partial charge in [-0.15, -0.1) is 0 Å². The van der Waals surface area contributed by atoms with Crippen molar-refractivity contribution in [1.29, 1.82) is 0 Å². The van der Waals surface area contributed by atoms with Gasteiger partial charge in [0.05, 0.1) is 0 Å². The van der Waals surface area contributed by atoms with Crippen LogP contribution in [0.5, 0.6) is 0 Å². The Hall–Kier alpha value is -2.02. The fourth-order valence-corrected chi connectivity index (χ4v) is 1.93. The first-order chi connectivity index (χ1) is 9.04. The zero-order valence-electron chi connectivity index (χ0n) is 12.0. The van der Waals surface area contributed by atoms with Crippen molar-refractivity contribution >= 4 is 11.0 Å². The predicted molar refractivity (Wildman–Crippen MR) is 81.6 cm³/mol. The first-order valence-electron chi connectivity index (χ1n) is 6.54. The predicted octanol–water partition coefficient (Wildman–Crippen LogP) is 5.35. The minimum Gasteiger partial charge on any atom is -0.461 e. The van der Waals surface area contributed by atoms with Gasteiger partial charge >= 0.3 is 0 Å². The van der Waals surface area contributed by atoms with E-state index in [-0.39, 0.29) is 0 Å². The van der Waals surface area contributed by atoms with E-state index in [1.165, 1.54) is 22.1 Å². The van der Waals surface area contributed by atoms with E-state index >= 15 is 0 Å². The molecule has 0 aliphatic heterocycles. The smallest absolute Gasteiger partial charge is 0.134 e. The van der Waals surface area contributed by atoms with Crippen LogP contribution < -0.4 is 0 Å². The van der Waals surface area contributed by atoms with Crippen LogP contribution in [-0.4, -0.2) is 0 Å². The summed E-state index contributed by atoms with van der Waals surface area (Å²) in [5.74, 6) is 0.977. The molecule has 1 heteroatoms. The van der Waals surface area contributed by atoms with Crippen molar-refractivity contribution in [3.05, 3.63) is 71.0 Å². The molecule has 3 rings (SSSR count). The Morgan fingerprint density at radius 2 is 1.16 bits per heavy atom. The lowest BCUT2D eigenvalue weighted by Gasteiger charge is -1.90. The average Bonchev–Trinajstić information content (AvgIpc) is 2.73. The van der Waals surface area contributed by atoms with Gasteiger partial charge < -0.3 is 4.42 Å². The van der Waals surface area contributed by atoms with E-state index in [1.807, 2.05) is 13.0 Å². The van der Waals surface area contributed by atoms with Crippen molar-refractivity contribution in [2.75, 3.05) is 0 Å². The Labute approximate surface area is 114 Å². The molecular formula is C18H20O. The van der Waals surface area contributed by atoms with Crippen molar-refractivity contribution in [1.82, 2.24) is 0 Å². The van der Waals surface area contributed by atoms with Crippen molar-refractivity contribution < 1.29 is 4.42 Å². The first-order valence-corrected chi connectivity index (χ1v) is 6.54. The molecule has 0 radical (unpaired) electrons. The van der Waals surface area contributed by atoms with Crippen molar-refractivity contribution in [2.45, 2.75) is 27.7 Å². The van der Waals surface area contributed by atoms with Crippen LogP contribution in [0.15, 0.2) is 52.9 Å². The molecular weight excluding hydrogens is 232 g/mol. The molecule has 1 nitrogen and oxygen atoms in total. The van der Waals surface area contributed by atoms with Crippen LogP contribution in [0.1, 0.15) is 22.5 Å². The number of rotatable bonds is 0. The summed E-state index contributed by atoms with van der Waals surface area (Å²) in [5.41, 5.74) is 4.91. The van der Waals surface area contributed by atoms with Gasteiger partial charge in [0.1, 0.15) is 11.3 Å². The number of aryl methyl sites for hydroxylation is 4. The van der Waals surface area contributed by atoms with Crippen LogP contribution in [0.3, 0.4) is 0 Å². The molecule has 0 saturated heterocycles. The summed E-state index contributed by atoms with van der Waals surface area (Å²) in [6, 6.07) is 16.7. The summed E-state index contributed by atoms with van der Waals surface area (Å²) in [6.45, 7) is 8.25. The highest BCUT2D eigenvalue weighted by Crippen LogP contribution is 2.19. The molecule has 0 spiro atoms. The molecule has 3 aromatic rings. The maximum atomic E-state index is 5.42. The first kappa shape index (κ1) is 13.4. The van der Waals surface area contributed by atoms with E-state index in [0.29, 0.717) is 0 Å². The molecule has 0 unspecified atom stereocenters. The third-order valence-corrected chi connectivity index (χ3v) is 3.01. The molecule has 1 heterocycles. The SMILES string of the molecule is Cc1ccc(C)cc1.Cc1ccc2oc(C)cc2c1. The van der Waals surface area contributed by atoms with Gasteiger partial charge in [0.2, 0.25) is 0 Å². The van der Waals surface area contributed by atoms with E-state index in [9.17, 15) is 0 Å². The Kier molecular flexibility index (Phi) is 4.06. The number of fused-ring (bicyclic) bond motifs is 1. The van der Waals surface area contributed by atoms with Crippen molar-refractivity contribution in [3.63, 3.8) is 0 Å². The van der Waals surface area contributed by atoms with Gasteiger partial charge in [-0.1, -0.05) is 47.0 Å². The molecule has 0 atom stereocenters. The number of furan rings is 1. The molecule has 98 valence electrons. The minimum absolute atomic E-state index is 0.977. The molecule has 0 aliphatic rings. The maximum Gasteiger partial charge on any atom is 0.134 e. The fourth-order valence-electron chi connectivity index (χ4n) is 1.93. The van der Waals surface area contributed by atoms with Gasteiger partial charge in [0.15, 0.2) is 0 Å². The topological polar surface area (TPSA) is 13.1 Å². The zero-order valence-corrected chi connectivity index (χ0v) is 12.0. The molecule has 0 amide bonds. The number of benzene rings is 2. The molecule has 0 aliphatic carbocycles. The maximum absolute atomic E-state index is 5.42. The Morgan fingerprint density at radius 1 is 0.632 bits per heavy atom. The summed E-state index contributed by atoms with van der Waals surface area (Å²) in [4.78, 5) is 0. The molecule has 0 saturated carbocycles. The highest BCUT2D eigenvalue weighted by atomic mass is 16.3. The molecule has 0 bridgehead atoms. The van der Waals surface area contributed by atoms with Gasteiger partial charge in [-0.05, 0) is 45.9 Å². The highest BCUT2D eigenvalue weighted by molar-refractivity contribution is 5.78. The Morgan fingerprint density at radius 3 is 1.74 bits per heavy atom. The second kappa shape index (κ2) is 5.75. The summed E-state index contributed by atoms with van der Waals surface area (Å²) in [7, 11) is 0. The van der Waals surface area contributed by atoms with Crippen molar-refractivity contribution in [3.8, 4) is 0 Å². The van der Waals surface area contributed by atoms with E-state index in [4.69, 9.17) is 4.42 Å². The summed E-state index contributed by atoms with van der Waals surface area (Å²) in [6.07, 6.45) is 0. The van der Waals surface area contributed by atoms with E-state index in [0.717, 1.165) is 11.3 Å². The second-order valence-corrected chi connectivity index (χ2v) is 5.05. The summed E-state index contributed by atoms with van der Waals surface area (Å²) >= 11 is 0. The summed E-state index contributed by atoms with van der Waals surface area (Å²) in [5, 5.41) is 1.20. The van der Waals surface area contributed by atoms with Gasteiger partial charge in [-0.3, -0.25) is 0 Å². The lowest BCUT2D eigenvalue weighted by molar-refractivity contribution is 0.578. The third-order valence-electron chi connectivity index (χ3n) is 3.01. The van der Waals surface area contributed by atoms with Gasteiger partial charge in [0, 0.05) is 5.39 Å². The monoisotopic (exact) mass is 252 g/mol. The largest absolute Gasteiger partial charge is 0.461 e. The van der Waals surface area contributed by atoms with Crippen LogP contribution in [0, 0.1) is 27.7 Å². The van der Waals surface area contributed by atoms with E-state index in [1.54, 1.807) is 0 Å². The standard InChI is InChI=1S/C10H10O.C8H10/c1-7-3-4-10-9(5-7)6-8(2)11-10;1-7-3-5-8(2)6-4-7/h3-6H,1-2H3;3-6H,1-2H3. The van der Waals surface area contributed by atoms with Crippen LogP contribution in [-0.2, 0) is 0 Å². The van der Waals surface area contributed by atoms with Gasteiger partial charge in [-0.2, -0.15) is 0 Å². The van der Waals surface area contributed by atoms with Gasteiger partial charge in [-0.25, -0.2) is 0 Å². The molecule has 0 N–H and O–H groups in total. The summed E-state index contributed by atoms with van der Waals surface area (Å²) < 4.78 is 5.42. The minimum atomic E-state index is 0.977. The van der Waals surface area contributed by atoms with E-state index in [2.05, 4.69) is 63.2 Å². The molecule has 0 fully saturated rings. The number of hydrogen-bond acceptors (Lipinski definition) is 1. The van der Waals surface area contributed by atoms with E-state index < -0.39 is 0 Å². The normalized spacial score (nSPS) is 10.1. The van der Waals surface area contributed by atoms with Crippen molar-refractivity contribution in [2.24, 2.45) is 0 Å². The average molecular weight is 252 g/mol. The Bertz CT molecular complexity index is 639. The highest BCUT2D eigenvalue weighted by Gasteiger charge is 1.98. The lowest BCUT2D eigenvalue weighted by Crippen LogP contribution is -1.70. The third kappa shape index (κ3) is 3.72. The fraction of sp³-hybridized carbons (Fsp3) is 0.222.